The lowest BCUT2D eigenvalue weighted by atomic mass is 10.1. The zero-order valence-electron chi connectivity index (χ0n) is 11.1. The van der Waals surface area contributed by atoms with Crippen molar-refractivity contribution in [3.05, 3.63) is 29.8 Å². The zero-order chi connectivity index (χ0) is 14.5. The first-order chi connectivity index (χ1) is 8.76. The van der Waals surface area contributed by atoms with E-state index in [0.29, 0.717) is 5.56 Å². The molecule has 0 saturated carbocycles. The molecule has 0 aliphatic rings. The maximum Gasteiger partial charge on any atom is 0.387 e. The monoisotopic (exact) mass is 273 g/mol. The molecular weight excluding hydrogens is 256 g/mol. The first kappa shape index (κ1) is 15.4. The van der Waals surface area contributed by atoms with Crippen LogP contribution in [0.15, 0.2) is 24.3 Å². The Morgan fingerprint density at radius 3 is 2.32 bits per heavy atom. The quantitative estimate of drug-likeness (QED) is 0.839. The van der Waals surface area contributed by atoms with E-state index in [0.717, 1.165) is 0 Å². The molecule has 0 atom stereocenters. The van der Waals surface area contributed by atoms with E-state index in [1.54, 1.807) is 12.1 Å². The van der Waals surface area contributed by atoms with Gasteiger partial charge >= 0.3 is 6.61 Å². The van der Waals surface area contributed by atoms with Crippen molar-refractivity contribution in [2.75, 3.05) is 0 Å². The van der Waals surface area contributed by atoms with Crippen molar-refractivity contribution in [3.8, 4) is 5.75 Å². The summed E-state index contributed by atoms with van der Waals surface area (Å²) in [5.74, 6) is -0.248. The number of halogens is 2. The average Bonchev–Trinajstić information content (AvgIpc) is 2.28. The van der Waals surface area contributed by atoms with Gasteiger partial charge in [0.05, 0.1) is 12.0 Å². The molecule has 0 aromatic heterocycles. The number of hydrogen-bond donors (Lipinski definition) is 1. The predicted octanol–water partition coefficient (Wildman–Crippen LogP) is 2.68. The third kappa shape index (κ3) is 6.71. The fourth-order valence-corrected chi connectivity index (χ4v) is 1.22. The van der Waals surface area contributed by atoms with E-state index in [9.17, 15) is 13.6 Å². The molecular formula is C13H17F2NO3. The number of carbonyl (C=O) groups is 1. The fourth-order valence-electron chi connectivity index (χ4n) is 1.22. The average molecular weight is 273 g/mol. The minimum absolute atomic E-state index is 0.0603. The third-order valence-corrected chi connectivity index (χ3v) is 1.98. The van der Waals surface area contributed by atoms with Gasteiger partial charge in [-0.05, 0) is 38.5 Å². The van der Waals surface area contributed by atoms with Gasteiger partial charge in [-0.3, -0.25) is 9.63 Å². The number of amides is 1. The minimum atomic E-state index is -2.85. The molecule has 4 nitrogen and oxygen atoms in total. The van der Waals surface area contributed by atoms with Crippen LogP contribution in [0.4, 0.5) is 8.78 Å². The predicted molar refractivity (Wildman–Crippen MR) is 65.8 cm³/mol. The Morgan fingerprint density at radius 1 is 1.26 bits per heavy atom. The van der Waals surface area contributed by atoms with E-state index in [2.05, 4.69) is 10.2 Å². The summed E-state index contributed by atoms with van der Waals surface area (Å²) in [6.07, 6.45) is 0.102. The molecule has 1 N–H and O–H groups in total. The Kier molecular flexibility index (Phi) is 5.23. The lowest BCUT2D eigenvalue weighted by Gasteiger charge is -2.18. The summed E-state index contributed by atoms with van der Waals surface area (Å²) >= 11 is 0. The lowest BCUT2D eigenvalue weighted by molar-refractivity contribution is -0.144. The summed E-state index contributed by atoms with van der Waals surface area (Å²) in [6.45, 7) is 2.58. The first-order valence-electron chi connectivity index (χ1n) is 5.77. The Bertz CT molecular complexity index is 413. The van der Waals surface area contributed by atoms with E-state index < -0.39 is 12.2 Å². The molecule has 0 aliphatic carbocycles. The second-order valence-corrected chi connectivity index (χ2v) is 4.94. The van der Waals surface area contributed by atoms with Crippen molar-refractivity contribution in [3.63, 3.8) is 0 Å². The van der Waals surface area contributed by atoms with Crippen molar-refractivity contribution in [2.24, 2.45) is 0 Å². The topological polar surface area (TPSA) is 47.6 Å². The van der Waals surface area contributed by atoms with Gasteiger partial charge in [0.1, 0.15) is 5.75 Å². The van der Waals surface area contributed by atoms with Crippen molar-refractivity contribution in [2.45, 2.75) is 39.4 Å². The second-order valence-electron chi connectivity index (χ2n) is 4.94. The van der Waals surface area contributed by atoms with Gasteiger partial charge in [-0.1, -0.05) is 12.1 Å². The summed E-state index contributed by atoms with van der Waals surface area (Å²) in [4.78, 5) is 16.7. The molecule has 1 amide bonds. The van der Waals surface area contributed by atoms with Crippen LogP contribution in [-0.4, -0.2) is 18.1 Å². The largest absolute Gasteiger partial charge is 0.435 e. The van der Waals surface area contributed by atoms with Gasteiger partial charge in [0, 0.05) is 0 Å². The molecule has 1 aromatic carbocycles. The van der Waals surface area contributed by atoms with Gasteiger partial charge in [0.2, 0.25) is 5.91 Å². The molecule has 106 valence electrons. The molecule has 1 aromatic rings. The van der Waals surface area contributed by atoms with Gasteiger partial charge in [0.25, 0.3) is 0 Å². The van der Waals surface area contributed by atoms with Crippen LogP contribution in [0, 0.1) is 0 Å². The first-order valence-corrected chi connectivity index (χ1v) is 5.77. The van der Waals surface area contributed by atoms with Crippen LogP contribution >= 0.6 is 0 Å². The number of hydrogen-bond acceptors (Lipinski definition) is 3. The van der Waals surface area contributed by atoms with Crippen LogP contribution < -0.4 is 10.2 Å². The standard InChI is InChI=1S/C13H17F2NO3/c1-13(2,3)19-16-11(17)8-9-4-6-10(7-5-9)18-12(14)15/h4-7,12H,8H2,1-3H3,(H,16,17). The minimum Gasteiger partial charge on any atom is -0.435 e. The highest BCUT2D eigenvalue weighted by Crippen LogP contribution is 2.15. The molecule has 0 aliphatic heterocycles. The molecule has 0 heterocycles. The molecule has 0 radical (unpaired) electrons. The molecule has 19 heavy (non-hydrogen) atoms. The van der Waals surface area contributed by atoms with Crippen molar-refractivity contribution in [1.82, 2.24) is 5.48 Å². The molecule has 0 saturated heterocycles. The van der Waals surface area contributed by atoms with Crippen molar-refractivity contribution in [1.29, 1.82) is 0 Å². The molecule has 0 bridgehead atoms. The van der Waals surface area contributed by atoms with Crippen molar-refractivity contribution >= 4 is 5.91 Å². The van der Waals surface area contributed by atoms with Crippen LogP contribution in [0.2, 0.25) is 0 Å². The van der Waals surface area contributed by atoms with Gasteiger partial charge in [-0.2, -0.15) is 8.78 Å². The van der Waals surface area contributed by atoms with Crippen LogP contribution in [0.3, 0.4) is 0 Å². The van der Waals surface area contributed by atoms with Crippen LogP contribution in [0.1, 0.15) is 26.3 Å². The SMILES string of the molecule is CC(C)(C)ONC(=O)Cc1ccc(OC(F)F)cc1. The number of ether oxygens (including phenoxy) is 1. The maximum absolute atomic E-state index is 11.9. The summed E-state index contributed by atoms with van der Waals surface area (Å²) < 4.78 is 28.1. The van der Waals surface area contributed by atoms with E-state index >= 15 is 0 Å². The van der Waals surface area contributed by atoms with E-state index in [1.165, 1.54) is 12.1 Å². The van der Waals surface area contributed by atoms with Crippen molar-refractivity contribution < 1.29 is 23.1 Å². The number of rotatable bonds is 5. The number of hydroxylamine groups is 1. The molecule has 0 unspecified atom stereocenters. The van der Waals surface area contributed by atoms with E-state index in [4.69, 9.17) is 4.84 Å². The lowest BCUT2D eigenvalue weighted by Crippen LogP contribution is -2.34. The van der Waals surface area contributed by atoms with Crippen LogP contribution in [-0.2, 0) is 16.1 Å². The number of alkyl halides is 2. The maximum atomic E-state index is 11.9. The normalized spacial score (nSPS) is 11.5. The highest BCUT2D eigenvalue weighted by atomic mass is 19.3. The number of nitrogens with one attached hydrogen (secondary N) is 1. The summed E-state index contributed by atoms with van der Waals surface area (Å²) in [5, 5.41) is 0. The van der Waals surface area contributed by atoms with Gasteiger partial charge < -0.3 is 4.74 Å². The van der Waals surface area contributed by atoms with E-state index in [-0.39, 0.29) is 18.1 Å². The van der Waals surface area contributed by atoms with Crippen LogP contribution in [0.5, 0.6) is 5.75 Å². The molecule has 0 spiro atoms. The zero-order valence-corrected chi connectivity index (χ0v) is 11.1. The number of benzene rings is 1. The summed E-state index contributed by atoms with van der Waals surface area (Å²) in [7, 11) is 0. The molecule has 1 rings (SSSR count). The second kappa shape index (κ2) is 6.47. The Balaban J connectivity index is 2.47. The summed E-state index contributed by atoms with van der Waals surface area (Å²) in [6, 6.07) is 5.88. The molecule has 0 fully saturated rings. The fraction of sp³-hybridized carbons (Fsp3) is 0.462. The van der Waals surface area contributed by atoms with Gasteiger partial charge in [-0.15, -0.1) is 0 Å². The molecule has 6 heteroatoms. The smallest absolute Gasteiger partial charge is 0.387 e. The Morgan fingerprint density at radius 2 is 1.84 bits per heavy atom. The summed E-state index contributed by atoms with van der Waals surface area (Å²) in [5.41, 5.74) is 2.54. The number of carbonyl (C=O) groups excluding carboxylic acids is 1. The van der Waals surface area contributed by atoms with Gasteiger partial charge in [-0.25, -0.2) is 5.48 Å². The van der Waals surface area contributed by atoms with E-state index in [1.807, 2.05) is 20.8 Å². The van der Waals surface area contributed by atoms with Gasteiger partial charge in [0.15, 0.2) is 0 Å². The Labute approximate surface area is 110 Å². The van der Waals surface area contributed by atoms with Crippen LogP contribution in [0.25, 0.3) is 0 Å². The highest BCUT2D eigenvalue weighted by Gasteiger charge is 2.13. The Hall–Kier alpha value is -1.69. The highest BCUT2D eigenvalue weighted by molar-refractivity contribution is 5.77. The third-order valence-electron chi connectivity index (χ3n) is 1.98.